The minimum atomic E-state index is -0.498. The molecule has 3 aliphatic heterocycles. The van der Waals surface area contributed by atoms with Crippen molar-refractivity contribution >= 4 is 98.0 Å². The molecule has 3 aliphatic carbocycles. The van der Waals surface area contributed by atoms with Gasteiger partial charge in [0.15, 0.2) is 5.78 Å². The number of nitrogens with zero attached hydrogens (tertiary/aromatic N) is 6. The molecule has 3 saturated heterocycles. The van der Waals surface area contributed by atoms with Gasteiger partial charge < -0.3 is 29.7 Å². The van der Waals surface area contributed by atoms with Crippen molar-refractivity contribution in [3.63, 3.8) is 0 Å². The van der Waals surface area contributed by atoms with Gasteiger partial charge in [-0.1, -0.05) is 36.4 Å². The highest BCUT2D eigenvalue weighted by Gasteiger charge is 2.50. The summed E-state index contributed by atoms with van der Waals surface area (Å²) in [5.74, 6) is -0.403. The van der Waals surface area contributed by atoms with Crippen LogP contribution in [0.15, 0.2) is 100 Å². The van der Waals surface area contributed by atoms with Crippen molar-refractivity contribution in [1.29, 1.82) is 0 Å². The van der Waals surface area contributed by atoms with E-state index in [0.717, 1.165) is 112 Å². The number of ether oxygens (including phenoxy) is 2. The third kappa shape index (κ3) is 11.5. The smallest absolute Gasteiger partial charge is 0.337 e. The van der Waals surface area contributed by atoms with Gasteiger partial charge in [-0.3, -0.25) is 19.2 Å². The number of ketones is 1. The molecule has 6 aliphatic rings. The largest absolute Gasteiger partial charge is 0.465 e. The zero-order chi connectivity index (χ0) is 53.5. The Kier molecular flexibility index (Phi) is 18.0. The van der Waals surface area contributed by atoms with Gasteiger partial charge in [0.25, 0.3) is 0 Å². The lowest BCUT2D eigenvalue weighted by Crippen LogP contribution is -2.38. The number of benzene rings is 5. The number of carbonyl (C=O) groups excluding carboxylic acids is 6. The summed E-state index contributed by atoms with van der Waals surface area (Å²) >= 11 is 0. The Morgan fingerprint density at radius 3 is 1.36 bits per heavy atom. The fourth-order valence-corrected chi connectivity index (χ4v) is 12.6. The quantitative estimate of drug-likeness (QED) is 0.115. The summed E-state index contributed by atoms with van der Waals surface area (Å²) in [6.45, 7) is 2.82. The summed E-state index contributed by atoms with van der Waals surface area (Å²) in [6, 6.07) is 28.4. The van der Waals surface area contributed by atoms with Crippen LogP contribution in [0.4, 0.5) is 0 Å². The van der Waals surface area contributed by atoms with Crippen LogP contribution in [0.1, 0.15) is 114 Å². The first kappa shape index (κ1) is 59.1. The number of amides is 3. The second-order valence-corrected chi connectivity index (χ2v) is 21.5. The van der Waals surface area contributed by atoms with E-state index < -0.39 is 12.0 Å². The highest BCUT2D eigenvalue weighted by Crippen LogP contribution is 2.46. The number of aryl methyl sites for hydroxylation is 3. The van der Waals surface area contributed by atoms with Crippen LogP contribution >= 0.6 is 40.5 Å². The number of aromatic nitrogens is 4. The fraction of sp³-hybridized carbons (Fsp3) is 0.390. The van der Waals surface area contributed by atoms with Gasteiger partial charge in [0, 0.05) is 38.3 Å². The van der Waals surface area contributed by atoms with Crippen LogP contribution in [0.2, 0.25) is 0 Å². The molecular formula is C59H65N7O11S3. The van der Waals surface area contributed by atoms with Crippen LogP contribution in [0, 0.1) is 16.2 Å². The number of methoxy groups -OCH3 is 2. The molecule has 3 spiro atoms. The number of carbonyl (C=O) groups is 6. The average Bonchev–Trinajstić information content (AvgIpc) is 4.43. The monoisotopic (exact) mass is 1140 g/mol. The summed E-state index contributed by atoms with van der Waals surface area (Å²) < 4.78 is 19.1. The number of hydrogen-bond acceptors (Lipinski definition) is 15. The Bertz CT molecular complexity index is 3340. The standard InChI is InChI=1S/2C22H21N3O4.C15H17NO3.3H2S/c1-28-20(26)16-4-3-15-6-7-22(12-17(15)11-16)8-9-25(21(22)27)13-14-2-5-18-19(10-14)24-29-23-18;26-13-20(27)16-3-2-15-5-6-22(11-17(15)10-16)7-8-25(21(22)28)12-14-1-4-18-19(9-14)24-29-23-18;1-19-13(17)11-3-2-10-4-5-15(9-12(10)8-11)6-7-16-14(15)18;;;/h2-5,10-11H,6-9,12-13H2,1H3;1-4,9-10,26H,5-8,11-13H2;2-3,8H,4-7,9H2,1H3,(H,16,18);3*1H2/t2*22-;15-;;;/m111.../s1. The fourth-order valence-electron chi connectivity index (χ4n) is 12.6. The van der Waals surface area contributed by atoms with Gasteiger partial charge in [-0.25, -0.2) is 18.8 Å². The van der Waals surface area contributed by atoms with E-state index in [2.05, 4.69) is 25.9 Å². The van der Waals surface area contributed by atoms with Gasteiger partial charge in [-0.05, 0) is 197 Å². The highest BCUT2D eigenvalue weighted by atomic mass is 32.1. The van der Waals surface area contributed by atoms with E-state index in [9.17, 15) is 28.8 Å². The van der Waals surface area contributed by atoms with Gasteiger partial charge in [-0.2, -0.15) is 40.5 Å². The van der Waals surface area contributed by atoms with Gasteiger partial charge in [0.2, 0.25) is 17.7 Å². The van der Waals surface area contributed by atoms with Gasteiger partial charge in [-0.15, -0.1) is 0 Å². The maximum absolute atomic E-state index is 13.4. The molecule has 0 unspecified atom stereocenters. The molecule has 2 N–H and O–H groups in total. The van der Waals surface area contributed by atoms with E-state index in [0.29, 0.717) is 64.7 Å². The lowest BCUT2D eigenvalue weighted by atomic mass is 9.70. The van der Waals surface area contributed by atoms with Crippen molar-refractivity contribution in [2.45, 2.75) is 90.1 Å². The number of aliphatic hydroxyl groups excluding tert-OH is 1. The molecule has 2 aromatic heterocycles. The Morgan fingerprint density at radius 1 is 0.525 bits per heavy atom. The molecule has 5 heterocycles. The summed E-state index contributed by atoms with van der Waals surface area (Å²) in [4.78, 5) is 77.9. The van der Waals surface area contributed by atoms with Gasteiger partial charge in [0.05, 0.1) is 41.6 Å². The Balaban J connectivity index is 0.000000158. The Hall–Kier alpha value is -7.07. The van der Waals surface area contributed by atoms with Crippen molar-refractivity contribution in [3.05, 3.63) is 152 Å². The van der Waals surface area contributed by atoms with Crippen molar-refractivity contribution in [2.75, 3.05) is 40.5 Å². The first-order chi connectivity index (χ1) is 37.3. The molecule has 18 nitrogen and oxygen atoms in total. The maximum Gasteiger partial charge on any atom is 0.337 e. The summed E-state index contributed by atoms with van der Waals surface area (Å²) in [5.41, 5.74) is 12.4. The molecule has 21 heteroatoms. The molecule has 13 rings (SSSR count). The van der Waals surface area contributed by atoms with Crippen molar-refractivity contribution in [2.24, 2.45) is 16.2 Å². The molecule has 3 fully saturated rings. The summed E-state index contributed by atoms with van der Waals surface area (Å²) in [7, 11) is 2.77. The predicted octanol–water partition coefficient (Wildman–Crippen LogP) is 7.03. The van der Waals surface area contributed by atoms with E-state index >= 15 is 0 Å². The number of likely N-dealkylation sites (tertiary alicyclic amines) is 2. The maximum atomic E-state index is 13.4. The van der Waals surface area contributed by atoms with Crippen LogP contribution in [0.5, 0.6) is 0 Å². The number of aliphatic hydroxyl groups is 1. The summed E-state index contributed by atoms with van der Waals surface area (Å²) in [5, 5.41) is 27.5. The molecule has 7 aromatic rings. The molecule has 80 heavy (non-hydrogen) atoms. The highest BCUT2D eigenvalue weighted by molar-refractivity contribution is 7.59. The summed E-state index contributed by atoms with van der Waals surface area (Å²) in [6.07, 6.45) is 9.78. The van der Waals surface area contributed by atoms with Crippen LogP contribution < -0.4 is 5.32 Å². The lowest BCUT2D eigenvalue weighted by Gasteiger charge is -2.33. The van der Waals surface area contributed by atoms with E-state index in [1.807, 2.05) is 82.6 Å². The topological polar surface area (TPSA) is 237 Å². The van der Waals surface area contributed by atoms with Crippen LogP contribution in [0.3, 0.4) is 0 Å². The second-order valence-electron chi connectivity index (χ2n) is 21.5. The number of nitrogens with one attached hydrogen (secondary N) is 1. The zero-order valence-corrected chi connectivity index (χ0v) is 47.6. The predicted molar refractivity (Wildman–Crippen MR) is 309 cm³/mol. The number of rotatable bonds is 8. The molecule has 0 saturated carbocycles. The first-order valence-corrected chi connectivity index (χ1v) is 26.3. The van der Waals surface area contributed by atoms with Crippen LogP contribution in [-0.2, 0) is 75.5 Å². The Morgan fingerprint density at radius 2 is 0.938 bits per heavy atom. The normalized spacial score (nSPS) is 21.2. The van der Waals surface area contributed by atoms with Gasteiger partial charge in [0.1, 0.15) is 28.7 Å². The van der Waals surface area contributed by atoms with E-state index in [4.69, 9.17) is 23.8 Å². The first-order valence-electron chi connectivity index (χ1n) is 26.3. The number of esters is 2. The molecular weight excluding hydrogens is 1080 g/mol. The van der Waals surface area contributed by atoms with Crippen LogP contribution in [0.25, 0.3) is 22.1 Å². The molecule has 0 bridgehead atoms. The Labute approximate surface area is 482 Å². The lowest BCUT2D eigenvalue weighted by molar-refractivity contribution is -0.137. The number of hydrogen-bond donors (Lipinski definition) is 2. The number of Topliss-reactive ketones (excluding diaryl/α,β-unsaturated/α-hetero) is 1. The zero-order valence-electron chi connectivity index (χ0n) is 44.6. The molecule has 3 atom stereocenters. The van der Waals surface area contributed by atoms with Crippen molar-refractivity contribution in [1.82, 2.24) is 35.7 Å². The molecule has 0 radical (unpaired) electrons. The molecule has 5 aromatic carbocycles. The van der Waals surface area contributed by atoms with E-state index in [-0.39, 0.29) is 86.8 Å². The minimum absolute atomic E-state index is 0. The van der Waals surface area contributed by atoms with Gasteiger partial charge >= 0.3 is 11.9 Å². The van der Waals surface area contributed by atoms with Crippen molar-refractivity contribution < 1.29 is 52.6 Å². The minimum Gasteiger partial charge on any atom is -0.465 e. The van der Waals surface area contributed by atoms with E-state index in [1.54, 1.807) is 18.2 Å². The van der Waals surface area contributed by atoms with Crippen LogP contribution in [-0.4, -0.2) is 111 Å². The average molecular weight is 1140 g/mol. The SMILES string of the molecule is COC(=O)c1ccc2c(c1)C[C@@]1(CC2)CCN(Cc2ccc3nonc3c2)C1=O.COC(=O)c1ccc2c(c1)C[C@]1(CCNC1=O)CC2.O=C(CO)c1ccc2c(c1)C[C@@]1(CC2)CCN(Cc2ccc3nonc3c2)C1=O.S.S.S. The molecule has 420 valence electrons. The number of fused-ring (bicyclic) bond motifs is 5. The molecule has 3 amide bonds. The van der Waals surface area contributed by atoms with Crippen molar-refractivity contribution in [3.8, 4) is 0 Å². The van der Waals surface area contributed by atoms with E-state index in [1.165, 1.54) is 30.9 Å². The third-order valence-corrected chi connectivity index (χ3v) is 17.1. The third-order valence-electron chi connectivity index (χ3n) is 17.1. The second kappa shape index (κ2) is 24.3.